The van der Waals surface area contributed by atoms with Crippen molar-refractivity contribution in [2.45, 2.75) is 38.1 Å². The number of rotatable bonds is 6. The van der Waals surface area contributed by atoms with Gasteiger partial charge in [0.1, 0.15) is 11.3 Å². The molecule has 0 aliphatic carbocycles. The first-order chi connectivity index (χ1) is 15.3. The first kappa shape index (κ1) is 21.8. The molecule has 4 rings (SSSR count). The molecule has 4 amide bonds. The number of carbonyl (C=O) groups is 3. The molecule has 32 heavy (non-hydrogen) atoms. The third kappa shape index (κ3) is 4.15. The van der Waals surface area contributed by atoms with Crippen LogP contribution in [-0.4, -0.2) is 64.6 Å². The van der Waals surface area contributed by atoms with Gasteiger partial charge in [-0.15, -0.1) is 0 Å². The molecule has 0 saturated carbocycles. The summed E-state index contributed by atoms with van der Waals surface area (Å²) in [4.78, 5) is 44.3. The number of amides is 4. The maximum Gasteiger partial charge on any atom is 0.344 e. The van der Waals surface area contributed by atoms with Crippen molar-refractivity contribution in [2.24, 2.45) is 0 Å². The highest BCUT2D eigenvalue weighted by atomic mass is 16.5. The van der Waals surface area contributed by atoms with Gasteiger partial charge in [-0.3, -0.25) is 19.9 Å². The van der Waals surface area contributed by atoms with Crippen molar-refractivity contribution in [3.05, 3.63) is 41.5 Å². The number of nitrogens with one attached hydrogen (secondary N) is 2. The number of hydrogen-bond acceptors (Lipinski definition) is 8. The van der Waals surface area contributed by atoms with Crippen LogP contribution in [0.4, 0.5) is 4.79 Å². The molecular formula is C21H26N6O5. The van der Waals surface area contributed by atoms with Gasteiger partial charge in [0.2, 0.25) is 5.89 Å². The van der Waals surface area contributed by atoms with Crippen LogP contribution in [0.2, 0.25) is 0 Å². The Balaban J connectivity index is 1.34. The molecule has 2 aliphatic rings. The van der Waals surface area contributed by atoms with Crippen LogP contribution in [-0.2, 0) is 15.1 Å². The molecule has 2 aliphatic heterocycles. The van der Waals surface area contributed by atoms with E-state index in [9.17, 15) is 14.4 Å². The highest BCUT2D eigenvalue weighted by molar-refractivity contribution is 6.08. The fourth-order valence-corrected chi connectivity index (χ4v) is 4.05. The Hall–Kier alpha value is -3.47. The van der Waals surface area contributed by atoms with Crippen molar-refractivity contribution in [3.8, 4) is 5.75 Å². The molecule has 1 aromatic carbocycles. The highest BCUT2D eigenvalue weighted by Crippen LogP contribution is 2.30. The quantitative estimate of drug-likeness (QED) is 0.636. The molecular weight excluding hydrogens is 416 g/mol. The zero-order valence-corrected chi connectivity index (χ0v) is 18.3. The summed E-state index contributed by atoms with van der Waals surface area (Å²) < 4.78 is 10.5. The van der Waals surface area contributed by atoms with E-state index in [4.69, 9.17) is 9.26 Å². The monoisotopic (exact) mass is 442 g/mol. The van der Waals surface area contributed by atoms with Gasteiger partial charge in [-0.05, 0) is 57.5 Å². The lowest BCUT2D eigenvalue weighted by Crippen LogP contribution is -2.51. The fourth-order valence-electron chi connectivity index (χ4n) is 4.05. The number of benzene rings is 1. The topological polar surface area (TPSA) is 130 Å². The number of likely N-dealkylation sites (tertiary alicyclic amines) is 1. The summed E-state index contributed by atoms with van der Waals surface area (Å²) in [5.41, 5.74) is 1.70. The van der Waals surface area contributed by atoms with Crippen LogP contribution in [0.25, 0.3) is 0 Å². The van der Waals surface area contributed by atoms with Crippen molar-refractivity contribution in [2.75, 3.05) is 26.7 Å². The Morgan fingerprint density at radius 2 is 2.09 bits per heavy atom. The van der Waals surface area contributed by atoms with Gasteiger partial charge in [0.05, 0.1) is 13.7 Å². The molecule has 3 heterocycles. The summed E-state index contributed by atoms with van der Waals surface area (Å²) in [5, 5.41) is 7.24. The Morgan fingerprint density at radius 1 is 1.34 bits per heavy atom. The number of ether oxygens (including phenoxy) is 1. The first-order valence-electron chi connectivity index (χ1n) is 10.4. The number of aryl methyl sites for hydroxylation is 1. The van der Waals surface area contributed by atoms with E-state index in [2.05, 4.69) is 20.9 Å². The van der Waals surface area contributed by atoms with E-state index in [-0.39, 0.29) is 12.5 Å². The van der Waals surface area contributed by atoms with E-state index in [1.165, 1.54) is 7.11 Å². The summed E-state index contributed by atoms with van der Waals surface area (Å²) in [6.07, 6.45) is 1.57. The lowest BCUT2D eigenvalue weighted by Gasteiger charge is -2.30. The number of carbonyl (C=O) groups excluding carboxylic acids is 3. The minimum absolute atomic E-state index is 0.0719. The Labute approximate surface area is 185 Å². The van der Waals surface area contributed by atoms with Crippen molar-refractivity contribution >= 4 is 17.8 Å². The fraction of sp³-hybridized carbons (Fsp3) is 0.476. The maximum atomic E-state index is 13.0. The summed E-state index contributed by atoms with van der Waals surface area (Å²) in [7, 11) is 1.52. The number of urea groups is 1. The second-order valence-corrected chi connectivity index (χ2v) is 8.19. The number of methoxy groups -OCH3 is 1. The molecule has 2 fully saturated rings. The Bertz CT molecular complexity index is 1030. The number of hydrazine groups is 1. The summed E-state index contributed by atoms with van der Waals surface area (Å²) in [6.45, 7) is 4.78. The van der Waals surface area contributed by atoms with Crippen LogP contribution in [0, 0.1) is 6.92 Å². The minimum Gasteiger partial charge on any atom is -0.497 e. The lowest BCUT2D eigenvalue weighted by atomic mass is 9.92. The Kier molecular flexibility index (Phi) is 5.83. The number of aromatic nitrogens is 2. The number of nitrogens with zero attached hydrogens (tertiary/aromatic N) is 4. The van der Waals surface area contributed by atoms with Crippen LogP contribution in [0.15, 0.2) is 28.8 Å². The van der Waals surface area contributed by atoms with E-state index in [1.807, 2.05) is 4.90 Å². The average molecular weight is 442 g/mol. The molecule has 0 spiro atoms. The van der Waals surface area contributed by atoms with Crippen LogP contribution >= 0.6 is 0 Å². The molecule has 1 atom stereocenters. The molecule has 2 N–H and O–H groups in total. The second-order valence-electron chi connectivity index (χ2n) is 8.19. The molecule has 0 bridgehead atoms. The smallest absolute Gasteiger partial charge is 0.344 e. The second kappa shape index (κ2) is 8.58. The highest BCUT2D eigenvalue weighted by Gasteiger charge is 2.50. The average Bonchev–Trinajstić information content (AvgIpc) is 3.31. The van der Waals surface area contributed by atoms with Gasteiger partial charge in [-0.2, -0.15) is 9.99 Å². The molecule has 11 heteroatoms. The standard InChI is InChI=1S/C21H26N6O5/c1-13-22-18(32-25-13)14-7-9-26(10-8-14)12-17(28)24-27-19(29)21(2,23-20(27)30)15-5-4-6-16(11-15)31-3/h4-6,11,14H,7-10,12H2,1-3H3,(H,23,30)(H,24,28). The van der Waals surface area contributed by atoms with Gasteiger partial charge >= 0.3 is 6.03 Å². The Morgan fingerprint density at radius 3 is 2.75 bits per heavy atom. The molecule has 2 aromatic rings. The molecule has 11 nitrogen and oxygen atoms in total. The molecule has 1 unspecified atom stereocenters. The largest absolute Gasteiger partial charge is 0.497 e. The number of imide groups is 1. The number of piperidine rings is 1. The van der Waals surface area contributed by atoms with E-state index in [0.717, 1.165) is 17.9 Å². The van der Waals surface area contributed by atoms with Crippen molar-refractivity contribution in [1.29, 1.82) is 0 Å². The predicted octanol–water partition coefficient (Wildman–Crippen LogP) is 1.06. The van der Waals surface area contributed by atoms with Gasteiger partial charge in [0.25, 0.3) is 11.8 Å². The van der Waals surface area contributed by atoms with Gasteiger partial charge in [0.15, 0.2) is 5.82 Å². The van der Waals surface area contributed by atoms with Crippen molar-refractivity contribution < 1.29 is 23.6 Å². The van der Waals surface area contributed by atoms with E-state index >= 15 is 0 Å². The van der Waals surface area contributed by atoms with Gasteiger partial charge in [0, 0.05) is 5.92 Å². The van der Waals surface area contributed by atoms with Crippen LogP contribution < -0.4 is 15.5 Å². The molecule has 1 aromatic heterocycles. The van der Waals surface area contributed by atoms with Crippen LogP contribution in [0.3, 0.4) is 0 Å². The van der Waals surface area contributed by atoms with Gasteiger partial charge in [-0.1, -0.05) is 17.3 Å². The molecule has 2 saturated heterocycles. The zero-order chi connectivity index (χ0) is 22.9. The maximum absolute atomic E-state index is 13.0. The third-order valence-corrected chi connectivity index (χ3v) is 5.92. The number of hydrogen-bond donors (Lipinski definition) is 2. The van der Waals surface area contributed by atoms with E-state index in [0.29, 0.717) is 36.1 Å². The van der Waals surface area contributed by atoms with Crippen molar-refractivity contribution in [1.82, 2.24) is 30.8 Å². The summed E-state index contributed by atoms with van der Waals surface area (Å²) in [6, 6.07) is 6.20. The van der Waals surface area contributed by atoms with Gasteiger partial charge in [-0.25, -0.2) is 4.79 Å². The van der Waals surface area contributed by atoms with Gasteiger partial charge < -0.3 is 14.6 Å². The zero-order valence-electron chi connectivity index (χ0n) is 18.3. The van der Waals surface area contributed by atoms with E-state index in [1.54, 1.807) is 38.1 Å². The predicted molar refractivity (Wildman–Crippen MR) is 111 cm³/mol. The lowest BCUT2D eigenvalue weighted by molar-refractivity contribution is -0.139. The summed E-state index contributed by atoms with van der Waals surface area (Å²) in [5.74, 6) is 0.974. The minimum atomic E-state index is -1.31. The van der Waals surface area contributed by atoms with Crippen LogP contribution in [0.5, 0.6) is 5.75 Å². The summed E-state index contributed by atoms with van der Waals surface area (Å²) >= 11 is 0. The first-order valence-corrected chi connectivity index (χ1v) is 10.4. The third-order valence-electron chi connectivity index (χ3n) is 5.92. The normalized spacial score (nSPS) is 22.2. The molecule has 170 valence electrons. The van der Waals surface area contributed by atoms with Crippen molar-refractivity contribution in [3.63, 3.8) is 0 Å². The molecule has 0 radical (unpaired) electrons. The van der Waals surface area contributed by atoms with E-state index < -0.39 is 23.4 Å². The van der Waals surface area contributed by atoms with Crippen LogP contribution in [0.1, 0.15) is 43.0 Å². The SMILES string of the molecule is COc1cccc(C2(C)NC(=O)N(NC(=O)CN3CCC(c4nc(C)no4)CC3)C2=O)c1.